The van der Waals surface area contributed by atoms with Crippen LogP contribution in [0.1, 0.15) is 34.1 Å². The van der Waals surface area contributed by atoms with Crippen molar-refractivity contribution in [1.29, 1.82) is 0 Å². The number of carboxylic acids is 1. The van der Waals surface area contributed by atoms with Crippen molar-refractivity contribution in [1.82, 2.24) is 9.80 Å². The number of hydrogen-bond donors (Lipinski definition) is 2. The molecule has 0 aromatic rings. The van der Waals surface area contributed by atoms with Gasteiger partial charge < -0.3 is 24.7 Å². The summed E-state index contributed by atoms with van der Waals surface area (Å²) in [5.41, 5.74) is -0.531. The molecule has 1 saturated heterocycles. The van der Waals surface area contributed by atoms with E-state index < -0.39 is 17.7 Å². The number of nitrogens with zero attached hydrogens (tertiary/aromatic N) is 2. The minimum atomic E-state index is -0.927. The molecule has 1 heterocycles. The molecule has 7 heteroatoms. The molecular formula is C14H26N2O5. The lowest BCUT2D eigenvalue weighted by Gasteiger charge is -2.44. The van der Waals surface area contributed by atoms with Crippen LogP contribution in [0.5, 0.6) is 0 Å². The van der Waals surface area contributed by atoms with Crippen molar-refractivity contribution >= 4 is 12.0 Å². The minimum Gasteiger partial charge on any atom is -0.481 e. The van der Waals surface area contributed by atoms with Crippen molar-refractivity contribution in [2.24, 2.45) is 0 Å². The quantitative estimate of drug-likeness (QED) is 0.782. The summed E-state index contributed by atoms with van der Waals surface area (Å²) in [5.74, 6) is -0.927. The van der Waals surface area contributed by atoms with Crippen molar-refractivity contribution in [2.45, 2.75) is 51.9 Å². The van der Waals surface area contributed by atoms with E-state index in [-0.39, 0.29) is 31.6 Å². The van der Waals surface area contributed by atoms with E-state index in [1.807, 2.05) is 27.7 Å². The Morgan fingerprint density at radius 1 is 1.43 bits per heavy atom. The maximum atomic E-state index is 12.6. The Hall–Kier alpha value is -1.34. The second-order valence-electron chi connectivity index (χ2n) is 6.28. The maximum Gasteiger partial charge on any atom is 0.320 e. The third-order valence-electron chi connectivity index (χ3n) is 3.39. The summed E-state index contributed by atoms with van der Waals surface area (Å²) in [7, 11) is 0. The first-order valence-electron chi connectivity index (χ1n) is 7.22. The number of carboxylic acid groups (broad SMARTS) is 1. The summed E-state index contributed by atoms with van der Waals surface area (Å²) in [6.07, 6.45) is -0.493. The first kappa shape index (κ1) is 17.7. The lowest BCUT2D eigenvalue weighted by Crippen LogP contribution is -2.59. The Labute approximate surface area is 125 Å². The summed E-state index contributed by atoms with van der Waals surface area (Å²) in [6, 6.07) is -0.295. The second-order valence-corrected chi connectivity index (χ2v) is 6.28. The first-order chi connectivity index (χ1) is 9.66. The average Bonchev–Trinajstić information content (AvgIpc) is 2.35. The fourth-order valence-electron chi connectivity index (χ4n) is 2.51. The van der Waals surface area contributed by atoms with Gasteiger partial charge in [-0.15, -0.1) is 0 Å². The van der Waals surface area contributed by atoms with Gasteiger partial charge in [-0.1, -0.05) is 0 Å². The van der Waals surface area contributed by atoms with Gasteiger partial charge in [0, 0.05) is 12.6 Å². The van der Waals surface area contributed by atoms with Crippen LogP contribution >= 0.6 is 0 Å². The van der Waals surface area contributed by atoms with Crippen LogP contribution in [0.4, 0.5) is 4.79 Å². The molecule has 21 heavy (non-hydrogen) atoms. The Bertz CT molecular complexity index is 384. The topological polar surface area (TPSA) is 90.3 Å². The Balaban J connectivity index is 2.79. The normalized spacial score (nSPS) is 21.4. The van der Waals surface area contributed by atoms with E-state index in [0.29, 0.717) is 13.1 Å². The average molecular weight is 302 g/mol. The van der Waals surface area contributed by atoms with Gasteiger partial charge in [0.15, 0.2) is 0 Å². The van der Waals surface area contributed by atoms with Crippen LogP contribution in [0, 0.1) is 0 Å². The summed E-state index contributed by atoms with van der Waals surface area (Å²) < 4.78 is 5.69. The van der Waals surface area contributed by atoms with Gasteiger partial charge in [-0.3, -0.25) is 4.79 Å². The van der Waals surface area contributed by atoms with E-state index in [2.05, 4.69) is 0 Å². The van der Waals surface area contributed by atoms with Gasteiger partial charge in [0.1, 0.15) is 0 Å². The number of morpholine rings is 1. The molecule has 0 aliphatic carbocycles. The molecule has 1 atom stereocenters. The molecule has 1 unspecified atom stereocenters. The van der Waals surface area contributed by atoms with Crippen LogP contribution in [0.25, 0.3) is 0 Å². The molecule has 0 spiro atoms. The van der Waals surface area contributed by atoms with Gasteiger partial charge in [0.05, 0.1) is 37.8 Å². The van der Waals surface area contributed by atoms with E-state index in [0.717, 1.165) is 0 Å². The maximum absolute atomic E-state index is 12.6. The Morgan fingerprint density at radius 3 is 2.52 bits per heavy atom. The van der Waals surface area contributed by atoms with Crippen molar-refractivity contribution in [3.63, 3.8) is 0 Å². The van der Waals surface area contributed by atoms with Crippen LogP contribution in [0.15, 0.2) is 0 Å². The highest BCUT2D eigenvalue weighted by atomic mass is 16.5. The third-order valence-corrected chi connectivity index (χ3v) is 3.39. The van der Waals surface area contributed by atoms with Gasteiger partial charge in [-0.2, -0.15) is 0 Å². The van der Waals surface area contributed by atoms with Crippen LogP contribution in [-0.4, -0.2) is 76.0 Å². The monoisotopic (exact) mass is 302 g/mol. The molecule has 0 bridgehead atoms. The molecular weight excluding hydrogens is 276 g/mol. The smallest absolute Gasteiger partial charge is 0.320 e. The SMILES string of the molecule is CC(C)N(CCC(=O)O)C(=O)N1CC(CO)OC(C)(C)C1. The van der Waals surface area contributed by atoms with Crippen molar-refractivity contribution < 1.29 is 24.5 Å². The largest absolute Gasteiger partial charge is 0.481 e. The molecule has 1 fully saturated rings. The highest BCUT2D eigenvalue weighted by molar-refractivity contribution is 5.76. The number of amides is 2. The molecule has 7 nitrogen and oxygen atoms in total. The molecule has 2 N–H and O–H groups in total. The van der Waals surface area contributed by atoms with E-state index in [9.17, 15) is 14.7 Å². The molecule has 0 saturated carbocycles. The fraction of sp³-hybridized carbons (Fsp3) is 0.857. The van der Waals surface area contributed by atoms with Gasteiger partial charge in [0.2, 0.25) is 0 Å². The second kappa shape index (κ2) is 7.09. The number of carbonyl (C=O) groups is 2. The molecule has 1 rings (SSSR count). The molecule has 0 radical (unpaired) electrons. The number of hydrogen-bond acceptors (Lipinski definition) is 4. The van der Waals surface area contributed by atoms with Gasteiger partial charge in [-0.05, 0) is 27.7 Å². The highest BCUT2D eigenvalue weighted by Gasteiger charge is 2.37. The van der Waals surface area contributed by atoms with E-state index in [1.54, 1.807) is 9.80 Å². The van der Waals surface area contributed by atoms with E-state index in [4.69, 9.17) is 9.84 Å². The summed E-state index contributed by atoms with van der Waals surface area (Å²) in [5, 5.41) is 18.1. The zero-order valence-corrected chi connectivity index (χ0v) is 13.2. The van der Waals surface area contributed by atoms with E-state index in [1.165, 1.54) is 0 Å². The fourth-order valence-corrected chi connectivity index (χ4v) is 2.51. The van der Waals surface area contributed by atoms with Crippen LogP contribution in [0.2, 0.25) is 0 Å². The number of carbonyl (C=O) groups excluding carboxylic acids is 1. The predicted molar refractivity (Wildman–Crippen MR) is 77.1 cm³/mol. The minimum absolute atomic E-state index is 0.0823. The summed E-state index contributed by atoms with van der Waals surface area (Å²) in [4.78, 5) is 26.5. The number of urea groups is 1. The van der Waals surface area contributed by atoms with Crippen molar-refractivity contribution in [2.75, 3.05) is 26.2 Å². The number of aliphatic hydroxyl groups excluding tert-OH is 1. The lowest BCUT2D eigenvalue weighted by molar-refractivity contribution is -0.141. The zero-order chi connectivity index (χ0) is 16.2. The molecule has 1 aliphatic heterocycles. The zero-order valence-electron chi connectivity index (χ0n) is 13.2. The Kier molecular flexibility index (Phi) is 5.98. The molecule has 122 valence electrons. The van der Waals surface area contributed by atoms with Crippen molar-refractivity contribution in [3.05, 3.63) is 0 Å². The van der Waals surface area contributed by atoms with E-state index >= 15 is 0 Å². The number of aliphatic carboxylic acids is 1. The van der Waals surface area contributed by atoms with Gasteiger partial charge >= 0.3 is 12.0 Å². The Morgan fingerprint density at radius 2 is 2.05 bits per heavy atom. The van der Waals surface area contributed by atoms with Crippen molar-refractivity contribution in [3.8, 4) is 0 Å². The molecule has 2 amide bonds. The summed E-state index contributed by atoms with van der Waals surface area (Å²) in [6.45, 7) is 8.20. The number of ether oxygens (including phenoxy) is 1. The molecule has 1 aliphatic rings. The number of aliphatic hydroxyl groups is 1. The lowest BCUT2D eigenvalue weighted by atomic mass is 10.1. The third kappa shape index (κ3) is 5.17. The standard InChI is InChI=1S/C14H26N2O5/c1-10(2)16(6-5-12(18)19)13(20)15-7-11(8-17)21-14(3,4)9-15/h10-11,17H,5-9H2,1-4H3,(H,18,19). The van der Waals surface area contributed by atoms with Gasteiger partial charge in [-0.25, -0.2) is 4.79 Å². The summed E-state index contributed by atoms with van der Waals surface area (Å²) >= 11 is 0. The van der Waals surface area contributed by atoms with Gasteiger partial charge in [0.25, 0.3) is 0 Å². The van der Waals surface area contributed by atoms with Crippen LogP contribution < -0.4 is 0 Å². The van der Waals surface area contributed by atoms with Crippen LogP contribution in [-0.2, 0) is 9.53 Å². The number of rotatable bonds is 5. The first-order valence-corrected chi connectivity index (χ1v) is 7.22. The molecule has 0 aromatic heterocycles. The highest BCUT2D eigenvalue weighted by Crippen LogP contribution is 2.22. The van der Waals surface area contributed by atoms with Crippen LogP contribution in [0.3, 0.4) is 0 Å². The predicted octanol–water partition coefficient (Wildman–Crippen LogP) is 0.763. The molecule has 0 aromatic carbocycles.